The van der Waals surface area contributed by atoms with E-state index >= 15 is 0 Å². The first kappa shape index (κ1) is 13.5. The Morgan fingerprint density at radius 3 is 2.47 bits per heavy atom. The number of furan rings is 1. The smallest absolute Gasteiger partial charge is 0.147 e. The van der Waals surface area contributed by atoms with Crippen LogP contribution in [0.3, 0.4) is 0 Å². The van der Waals surface area contributed by atoms with E-state index in [1.807, 2.05) is 26.2 Å². The van der Waals surface area contributed by atoms with Gasteiger partial charge in [-0.1, -0.05) is 13.8 Å². The van der Waals surface area contributed by atoms with Crippen molar-refractivity contribution in [2.75, 3.05) is 20.6 Å². The minimum Gasteiger partial charge on any atom is -0.454 e. The van der Waals surface area contributed by atoms with Crippen LogP contribution in [-0.4, -0.2) is 38.1 Å². The summed E-state index contributed by atoms with van der Waals surface area (Å²) in [7, 11) is 3.74. The van der Waals surface area contributed by atoms with Gasteiger partial charge in [-0.2, -0.15) is 5.10 Å². The van der Waals surface area contributed by atoms with E-state index in [1.54, 1.807) is 17.4 Å². The van der Waals surface area contributed by atoms with Gasteiger partial charge in [-0.3, -0.25) is 4.99 Å². The molecule has 0 atom stereocenters. The van der Waals surface area contributed by atoms with E-state index in [-0.39, 0.29) is 0 Å². The fourth-order valence-corrected chi connectivity index (χ4v) is 1.17. The van der Waals surface area contributed by atoms with E-state index in [1.165, 1.54) is 0 Å². The van der Waals surface area contributed by atoms with Crippen molar-refractivity contribution in [2.45, 2.75) is 20.3 Å². The van der Waals surface area contributed by atoms with Crippen LogP contribution in [0.2, 0.25) is 0 Å². The molecule has 0 saturated heterocycles. The summed E-state index contributed by atoms with van der Waals surface area (Å²) in [5.41, 5.74) is 0. The molecule has 0 saturated carbocycles. The lowest BCUT2D eigenvalue weighted by molar-refractivity contribution is 0.438. The van der Waals surface area contributed by atoms with Crippen molar-refractivity contribution in [1.82, 2.24) is 5.01 Å². The van der Waals surface area contributed by atoms with Crippen LogP contribution in [0.1, 0.15) is 31.8 Å². The number of aliphatic imine (C=N–C) groups is 1. The second kappa shape index (κ2) is 6.89. The lowest BCUT2D eigenvalue weighted by Gasteiger charge is -2.00. The average molecular weight is 235 g/mol. The number of rotatable bonds is 6. The lowest BCUT2D eigenvalue weighted by Crippen LogP contribution is -2.01. The highest BCUT2D eigenvalue weighted by Crippen LogP contribution is 2.04. The highest BCUT2D eigenvalue weighted by atomic mass is 16.3. The van der Waals surface area contributed by atoms with Gasteiger partial charge in [0.05, 0.1) is 12.4 Å². The van der Waals surface area contributed by atoms with Gasteiger partial charge >= 0.3 is 0 Å². The molecular weight excluding hydrogens is 214 g/mol. The zero-order valence-electron chi connectivity index (χ0n) is 11.1. The van der Waals surface area contributed by atoms with Crippen LogP contribution in [0.4, 0.5) is 0 Å². The SMILES string of the molecule is CC(C)CCN=Cc1ccc(/C=N/N(C)C)o1. The van der Waals surface area contributed by atoms with E-state index in [2.05, 4.69) is 23.9 Å². The summed E-state index contributed by atoms with van der Waals surface area (Å²) >= 11 is 0. The Balaban J connectivity index is 2.45. The molecule has 94 valence electrons. The third-order valence-corrected chi connectivity index (χ3v) is 2.12. The van der Waals surface area contributed by atoms with Crippen molar-refractivity contribution in [3.63, 3.8) is 0 Å². The maximum Gasteiger partial charge on any atom is 0.147 e. The minimum atomic E-state index is 0.687. The lowest BCUT2D eigenvalue weighted by atomic mass is 10.1. The van der Waals surface area contributed by atoms with Crippen LogP contribution in [0.5, 0.6) is 0 Å². The van der Waals surface area contributed by atoms with E-state index < -0.39 is 0 Å². The first-order valence-electron chi connectivity index (χ1n) is 5.89. The van der Waals surface area contributed by atoms with Crippen LogP contribution in [0, 0.1) is 5.92 Å². The van der Waals surface area contributed by atoms with Gasteiger partial charge in [0, 0.05) is 20.6 Å². The molecule has 0 bridgehead atoms. The van der Waals surface area contributed by atoms with Crippen LogP contribution in [-0.2, 0) is 0 Å². The molecule has 17 heavy (non-hydrogen) atoms. The first-order valence-corrected chi connectivity index (χ1v) is 5.89. The molecule has 0 aromatic carbocycles. The largest absolute Gasteiger partial charge is 0.454 e. The van der Waals surface area contributed by atoms with Gasteiger partial charge in [0.1, 0.15) is 11.5 Å². The summed E-state index contributed by atoms with van der Waals surface area (Å²) < 4.78 is 5.52. The molecule has 4 nitrogen and oxygen atoms in total. The third-order valence-electron chi connectivity index (χ3n) is 2.12. The van der Waals surface area contributed by atoms with Gasteiger partial charge in [-0.25, -0.2) is 0 Å². The molecule has 0 spiro atoms. The molecular formula is C13H21N3O. The Labute approximate surface area is 103 Å². The first-order chi connectivity index (χ1) is 8.08. The molecule has 0 aliphatic carbocycles. The second-order valence-corrected chi connectivity index (χ2v) is 4.55. The molecule has 1 heterocycles. The standard InChI is InChI=1S/C13H21N3O/c1-11(2)7-8-14-9-12-5-6-13(17-12)10-15-16(3)4/h5-6,9-11H,7-8H2,1-4H3/b14-9?,15-10+. The number of hydrogen-bond acceptors (Lipinski definition) is 4. The molecule has 0 N–H and O–H groups in total. The highest BCUT2D eigenvalue weighted by Gasteiger charge is 1.97. The molecule has 0 radical (unpaired) electrons. The summed E-state index contributed by atoms with van der Waals surface area (Å²) in [5.74, 6) is 2.20. The number of hydrazone groups is 1. The highest BCUT2D eigenvalue weighted by molar-refractivity contribution is 5.80. The molecule has 0 aliphatic rings. The van der Waals surface area contributed by atoms with Gasteiger partial charge in [0.15, 0.2) is 0 Å². The third kappa shape index (κ3) is 5.90. The van der Waals surface area contributed by atoms with Crippen LogP contribution in [0.25, 0.3) is 0 Å². The van der Waals surface area contributed by atoms with E-state index in [0.717, 1.165) is 24.5 Å². The van der Waals surface area contributed by atoms with Crippen LogP contribution in [0.15, 0.2) is 26.6 Å². The van der Waals surface area contributed by atoms with Gasteiger partial charge in [0.2, 0.25) is 0 Å². The second-order valence-electron chi connectivity index (χ2n) is 4.55. The van der Waals surface area contributed by atoms with Gasteiger partial charge < -0.3 is 9.43 Å². The Kier molecular flexibility index (Phi) is 5.46. The minimum absolute atomic E-state index is 0.687. The van der Waals surface area contributed by atoms with Crippen molar-refractivity contribution in [3.05, 3.63) is 23.7 Å². The van der Waals surface area contributed by atoms with E-state index in [4.69, 9.17) is 4.42 Å². The zero-order valence-corrected chi connectivity index (χ0v) is 11.1. The maximum absolute atomic E-state index is 5.52. The van der Waals surface area contributed by atoms with Gasteiger partial charge in [0.25, 0.3) is 0 Å². The molecule has 1 aromatic heterocycles. The fraction of sp³-hybridized carbons (Fsp3) is 0.538. The Morgan fingerprint density at radius 1 is 1.24 bits per heavy atom. The molecule has 1 rings (SSSR count). The summed E-state index contributed by atoms with van der Waals surface area (Å²) in [6, 6.07) is 3.78. The molecule has 4 heteroatoms. The predicted molar refractivity (Wildman–Crippen MR) is 71.9 cm³/mol. The Morgan fingerprint density at radius 2 is 1.88 bits per heavy atom. The topological polar surface area (TPSA) is 41.1 Å². The van der Waals surface area contributed by atoms with Crippen molar-refractivity contribution >= 4 is 12.4 Å². The number of hydrogen-bond donors (Lipinski definition) is 0. The fourth-order valence-electron chi connectivity index (χ4n) is 1.17. The van der Waals surface area contributed by atoms with Crippen molar-refractivity contribution in [2.24, 2.45) is 16.0 Å². The van der Waals surface area contributed by atoms with Crippen LogP contribution < -0.4 is 0 Å². The normalized spacial score (nSPS) is 12.1. The Bertz CT molecular complexity index is 378. The molecule has 0 unspecified atom stereocenters. The van der Waals surface area contributed by atoms with E-state index in [0.29, 0.717) is 5.92 Å². The Hall–Kier alpha value is -1.58. The monoisotopic (exact) mass is 235 g/mol. The van der Waals surface area contributed by atoms with Crippen LogP contribution >= 0.6 is 0 Å². The van der Waals surface area contributed by atoms with Gasteiger partial charge in [-0.15, -0.1) is 0 Å². The quantitative estimate of drug-likeness (QED) is 0.562. The predicted octanol–water partition coefficient (Wildman–Crippen LogP) is 2.64. The summed E-state index contributed by atoms with van der Waals surface area (Å²) in [6.45, 7) is 5.23. The summed E-state index contributed by atoms with van der Waals surface area (Å²) in [5, 5.41) is 5.82. The zero-order chi connectivity index (χ0) is 12.7. The number of nitrogens with zero attached hydrogens (tertiary/aromatic N) is 3. The van der Waals surface area contributed by atoms with Crippen molar-refractivity contribution in [1.29, 1.82) is 0 Å². The summed E-state index contributed by atoms with van der Waals surface area (Å²) in [6.07, 6.45) is 4.56. The molecule has 0 amide bonds. The maximum atomic E-state index is 5.52. The van der Waals surface area contributed by atoms with Crippen molar-refractivity contribution in [3.8, 4) is 0 Å². The van der Waals surface area contributed by atoms with E-state index in [9.17, 15) is 0 Å². The summed E-state index contributed by atoms with van der Waals surface area (Å²) in [4.78, 5) is 4.32. The van der Waals surface area contributed by atoms with Crippen molar-refractivity contribution < 1.29 is 4.42 Å². The average Bonchev–Trinajstić information content (AvgIpc) is 2.69. The molecule has 1 aromatic rings. The van der Waals surface area contributed by atoms with Gasteiger partial charge in [-0.05, 0) is 24.5 Å². The molecule has 0 fully saturated rings. The molecule has 0 aliphatic heterocycles.